The van der Waals surface area contributed by atoms with Crippen LogP contribution in [0.15, 0.2) is 24.3 Å². The highest BCUT2D eigenvalue weighted by molar-refractivity contribution is 8.00. The average molecular weight is 241 g/mol. The van der Waals surface area contributed by atoms with Crippen molar-refractivity contribution in [2.24, 2.45) is 5.73 Å². The van der Waals surface area contributed by atoms with Crippen LogP contribution in [0.2, 0.25) is 0 Å². The first-order valence-electron chi connectivity index (χ1n) is 5.51. The zero-order valence-corrected chi connectivity index (χ0v) is 11.0. The molecule has 0 saturated carbocycles. The summed E-state index contributed by atoms with van der Waals surface area (Å²) in [5.74, 6) is 0.738. The predicted molar refractivity (Wildman–Crippen MR) is 70.3 cm³/mol. The standard InChI is InChI=1S/C13H20FNS/c1-13(2,3)16-9-12(15)8-10-4-6-11(14)7-5-10/h4-7,12H,8-9,15H2,1-3H3. The molecule has 1 aromatic carbocycles. The monoisotopic (exact) mass is 241 g/mol. The summed E-state index contributed by atoms with van der Waals surface area (Å²) < 4.78 is 12.9. The summed E-state index contributed by atoms with van der Waals surface area (Å²) >= 11 is 1.86. The van der Waals surface area contributed by atoms with Gasteiger partial charge in [-0.15, -0.1) is 0 Å². The molecular formula is C13H20FNS. The molecule has 0 aliphatic rings. The summed E-state index contributed by atoms with van der Waals surface area (Å²) in [6.07, 6.45) is 0.809. The van der Waals surface area contributed by atoms with E-state index in [0.717, 1.165) is 17.7 Å². The molecule has 0 amide bonds. The Morgan fingerprint density at radius 3 is 2.31 bits per heavy atom. The van der Waals surface area contributed by atoms with E-state index in [0.29, 0.717) is 0 Å². The van der Waals surface area contributed by atoms with E-state index < -0.39 is 0 Å². The molecule has 1 aromatic rings. The minimum absolute atomic E-state index is 0.134. The highest BCUT2D eigenvalue weighted by atomic mass is 32.2. The van der Waals surface area contributed by atoms with Crippen molar-refractivity contribution < 1.29 is 4.39 Å². The number of hydrogen-bond acceptors (Lipinski definition) is 2. The zero-order valence-electron chi connectivity index (χ0n) is 10.2. The Labute approximate surface area is 102 Å². The number of benzene rings is 1. The molecule has 16 heavy (non-hydrogen) atoms. The summed E-state index contributed by atoms with van der Waals surface area (Å²) in [4.78, 5) is 0. The van der Waals surface area contributed by atoms with Gasteiger partial charge in [0.05, 0.1) is 0 Å². The first-order chi connectivity index (χ1) is 7.37. The maximum atomic E-state index is 12.7. The molecule has 0 bridgehead atoms. The van der Waals surface area contributed by atoms with Gasteiger partial charge in [0, 0.05) is 16.5 Å². The third-order valence-electron chi connectivity index (χ3n) is 2.14. The summed E-state index contributed by atoms with van der Waals surface area (Å²) in [5.41, 5.74) is 7.14. The van der Waals surface area contributed by atoms with Crippen LogP contribution in [0.5, 0.6) is 0 Å². The SMILES string of the molecule is CC(C)(C)SCC(N)Cc1ccc(F)cc1. The van der Waals surface area contributed by atoms with Crippen LogP contribution in [0.3, 0.4) is 0 Å². The van der Waals surface area contributed by atoms with E-state index in [1.165, 1.54) is 12.1 Å². The second kappa shape index (κ2) is 5.69. The number of thioether (sulfide) groups is 1. The Hall–Kier alpha value is -0.540. The summed E-state index contributed by atoms with van der Waals surface area (Å²) in [7, 11) is 0. The summed E-state index contributed by atoms with van der Waals surface area (Å²) in [6, 6.07) is 6.71. The van der Waals surface area contributed by atoms with E-state index in [1.807, 2.05) is 11.8 Å². The number of hydrogen-bond donors (Lipinski definition) is 1. The second-order valence-electron chi connectivity index (χ2n) is 5.01. The van der Waals surface area contributed by atoms with Gasteiger partial charge in [-0.1, -0.05) is 32.9 Å². The van der Waals surface area contributed by atoms with Crippen molar-refractivity contribution in [3.63, 3.8) is 0 Å². The number of rotatable bonds is 4. The minimum Gasteiger partial charge on any atom is -0.327 e. The predicted octanol–water partition coefficient (Wildman–Crippen LogP) is 3.23. The van der Waals surface area contributed by atoms with Crippen molar-refractivity contribution in [2.45, 2.75) is 38.0 Å². The fraction of sp³-hybridized carbons (Fsp3) is 0.538. The minimum atomic E-state index is -0.193. The lowest BCUT2D eigenvalue weighted by Gasteiger charge is -2.20. The Kier molecular flexibility index (Phi) is 4.81. The van der Waals surface area contributed by atoms with E-state index >= 15 is 0 Å². The molecule has 0 aliphatic heterocycles. The molecule has 90 valence electrons. The van der Waals surface area contributed by atoms with Gasteiger partial charge in [0.15, 0.2) is 0 Å². The lowest BCUT2D eigenvalue weighted by atomic mass is 10.1. The molecule has 1 unspecified atom stereocenters. The van der Waals surface area contributed by atoms with Crippen LogP contribution in [0.4, 0.5) is 4.39 Å². The Morgan fingerprint density at radius 2 is 1.81 bits per heavy atom. The molecule has 1 atom stereocenters. The van der Waals surface area contributed by atoms with Crippen molar-refractivity contribution in [1.29, 1.82) is 0 Å². The maximum Gasteiger partial charge on any atom is 0.123 e. The van der Waals surface area contributed by atoms with Gasteiger partial charge in [-0.25, -0.2) is 4.39 Å². The molecule has 0 aliphatic carbocycles. The Balaban J connectivity index is 2.39. The van der Waals surface area contributed by atoms with Crippen molar-refractivity contribution >= 4 is 11.8 Å². The number of nitrogens with two attached hydrogens (primary N) is 1. The van der Waals surface area contributed by atoms with Gasteiger partial charge in [-0.3, -0.25) is 0 Å². The van der Waals surface area contributed by atoms with E-state index in [4.69, 9.17) is 5.73 Å². The highest BCUT2D eigenvalue weighted by Gasteiger charge is 2.13. The lowest BCUT2D eigenvalue weighted by molar-refractivity contribution is 0.626. The van der Waals surface area contributed by atoms with E-state index in [9.17, 15) is 4.39 Å². The molecule has 0 fully saturated rings. The van der Waals surface area contributed by atoms with Crippen molar-refractivity contribution in [2.75, 3.05) is 5.75 Å². The van der Waals surface area contributed by atoms with Crippen molar-refractivity contribution in [1.82, 2.24) is 0 Å². The molecule has 0 saturated heterocycles. The maximum absolute atomic E-state index is 12.7. The molecule has 3 heteroatoms. The molecule has 0 radical (unpaired) electrons. The van der Waals surface area contributed by atoms with Crippen molar-refractivity contribution in [3.05, 3.63) is 35.6 Å². The molecular weight excluding hydrogens is 221 g/mol. The Morgan fingerprint density at radius 1 is 1.25 bits per heavy atom. The van der Waals surface area contributed by atoms with Gasteiger partial charge in [0.2, 0.25) is 0 Å². The summed E-state index contributed by atoms with van der Waals surface area (Å²) in [5, 5.41) is 0. The van der Waals surface area contributed by atoms with Crippen LogP contribution in [-0.4, -0.2) is 16.5 Å². The molecule has 2 N–H and O–H groups in total. The smallest absolute Gasteiger partial charge is 0.123 e. The zero-order chi connectivity index (χ0) is 12.2. The van der Waals surface area contributed by atoms with Crippen LogP contribution in [-0.2, 0) is 6.42 Å². The van der Waals surface area contributed by atoms with Gasteiger partial charge in [-0.2, -0.15) is 11.8 Å². The van der Waals surface area contributed by atoms with Crippen LogP contribution >= 0.6 is 11.8 Å². The first-order valence-corrected chi connectivity index (χ1v) is 6.49. The highest BCUT2D eigenvalue weighted by Crippen LogP contribution is 2.23. The Bertz CT molecular complexity index is 316. The fourth-order valence-corrected chi connectivity index (χ4v) is 2.17. The first kappa shape index (κ1) is 13.5. The number of halogens is 1. The third kappa shape index (κ3) is 5.52. The molecule has 0 aromatic heterocycles. The molecule has 0 heterocycles. The van der Waals surface area contributed by atoms with Gasteiger partial charge in [0.25, 0.3) is 0 Å². The molecule has 0 spiro atoms. The van der Waals surface area contributed by atoms with Crippen molar-refractivity contribution in [3.8, 4) is 0 Å². The summed E-state index contributed by atoms with van der Waals surface area (Å²) in [6.45, 7) is 6.55. The largest absolute Gasteiger partial charge is 0.327 e. The normalized spacial score (nSPS) is 13.8. The topological polar surface area (TPSA) is 26.0 Å². The fourth-order valence-electron chi connectivity index (χ4n) is 1.34. The van der Waals surface area contributed by atoms with Crippen LogP contribution in [0.25, 0.3) is 0 Å². The van der Waals surface area contributed by atoms with Gasteiger partial charge in [-0.05, 0) is 24.1 Å². The average Bonchev–Trinajstić information content (AvgIpc) is 2.18. The van der Waals surface area contributed by atoms with E-state index in [1.54, 1.807) is 12.1 Å². The van der Waals surface area contributed by atoms with E-state index in [2.05, 4.69) is 20.8 Å². The third-order valence-corrected chi connectivity index (χ3v) is 3.60. The van der Waals surface area contributed by atoms with Gasteiger partial charge < -0.3 is 5.73 Å². The molecule has 1 nitrogen and oxygen atoms in total. The van der Waals surface area contributed by atoms with Crippen LogP contribution in [0, 0.1) is 5.82 Å². The van der Waals surface area contributed by atoms with Gasteiger partial charge >= 0.3 is 0 Å². The quantitative estimate of drug-likeness (QED) is 0.876. The second-order valence-corrected chi connectivity index (χ2v) is 6.86. The van der Waals surface area contributed by atoms with Crippen LogP contribution < -0.4 is 5.73 Å². The van der Waals surface area contributed by atoms with Gasteiger partial charge in [0.1, 0.15) is 5.82 Å². The van der Waals surface area contributed by atoms with E-state index in [-0.39, 0.29) is 16.6 Å². The van der Waals surface area contributed by atoms with Crippen LogP contribution in [0.1, 0.15) is 26.3 Å². The molecule has 1 rings (SSSR count). The lowest BCUT2D eigenvalue weighted by Crippen LogP contribution is -2.27.